The van der Waals surface area contributed by atoms with Crippen molar-refractivity contribution in [1.29, 1.82) is 0 Å². The summed E-state index contributed by atoms with van der Waals surface area (Å²) in [6.07, 6.45) is -4.50. The molecule has 0 atom stereocenters. The normalized spacial score (nSPS) is 11.5. The van der Waals surface area contributed by atoms with Crippen LogP contribution >= 0.6 is 11.3 Å². The van der Waals surface area contributed by atoms with Gasteiger partial charge in [0.15, 0.2) is 0 Å². The van der Waals surface area contributed by atoms with Crippen LogP contribution in [0.1, 0.15) is 39.1 Å². The van der Waals surface area contributed by atoms with Crippen molar-refractivity contribution in [3.63, 3.8) is 0 Å². The molecule has 0 aliphatic heterocycles. The first-order chi connectivity index (χ1) is 14.1. The summed E-state index contributed by atoms with van der Waals surface area (Å²) in [4.78, 5) is 28.2. The minimum Gasteiger partial charge on any atom is -0.331 e. The first-order valence-electron chi connectivity index (χ1n) is 9.23. The molecule has 0 radical (unpaired) electrons. The van der Waals surface area contributed by atoms with Gasteiger partial charge in [0.05, 0.1) is 34.7 Å². The largest absolute Gasteiger partial charge is 0.416 e. The molecule has 30 heavy (non-hydrogen) atoms. The first-order valence-corrected chi connectivity index (χ1v) is 10.1. The molecule has 158 valence electrons. The zero-order chi connectivity index (χ0) is 22.1. The fourth-order valence-corrected chi connectivity index (χ4v) is 3.92. The molecule has 0 aliphatic rings. The summed E-state index contributed by atoms with van der Waals surface area (Å²) in [7, 11) is 0. The quantitative estimate of drug-likeness (QED) is 0.413. The molecule has 0 bridgehead atoms. The summed E-state index contributed by atoms with van der Waals surface area (Å²) in [5.41, 5.74) is 0.0716. The zero-order valence-corrected chi connectivity index (χ0v) is 17.5. The van der Waals surface area contributed by atoms with Crippen LogP contribution in [0.2, 0.25) is 0 Å². The van der Waals surface area contributed by atoms with Crippen molar-refractivity contribution in [2.45, 2.75) is 33.5 Å². The lowest BCUT2D eigenvalue weighted by Gasteiger charge is -2.19. The molecule has 0 spiro atoms. The highest BCUT2D eigenvalue weighted by atomic mass is 32.1. The number of carbonyl (C=O) groups excluding carboxylic acids is 2. The summed E-state index contributed by atoms with van der Waals surface area (Å²) >= 11 is 1.49. The second-order valence-corrected chi connectivity index (χ2v) is 7.77. The summed E-state index contributed by atoms with van der Waals surface area (Å²) in [5.74, 6) is -1.39. The minimum atomic E-state index is -4.50. The summed E-state index contributed by atoms with van der Waals surface area (Å²) in [6.45, 7) is 5.58. The third-order valence-corrected chi connectivity index (χ3v) is 5.59. The number of benzene rings is 1. The van der Waals surface area contributed by atoms with Crippen LogP contribution in [0.3, 0.4) is 0 Å². The van der Waals surface area contributed by atoms with E-state index in [1.807, 2.05) is 17.5 Å². The maximum Gasteiger partial charge on any atom is 0.416 e. The Kier molecular flexibility index (Phi) is 6.12. The van der Waals surface area contributed by atoms with Gasteiger partial charge in [0.1, 0.15) is 0 Å². The van der Waals surface area contributed by atoms with E-state index in [-0.39, 0.29) is 16.9 Å². The molecule has 1 aromatic carbocycles. The summed E-state index contributed by atoms with van der Waals surface area (Å²) in [5, 5.41) is 6.12. The highest BCUT2D eigenvalue weighted by molar-refractivity contribution is 7.09. The Morgan fingerprint density at radius 1 is 1.17 bits per heavy atom. The van der Waals surface area contributed by atoms with Gasteiger partial charge in [0, 0.05) is 11.4 Å². The molecule has 3 rings (SSSR count). The molecule has 1 amide bonds. The van der Waals surface area contributed by atoms with Gasteiger partial charge in [-0.05, 0) is 50.4 Å². The number of hydrogen-bond donors (Lipinski definition) is 0. The van der Waals surface area contributed by atoms with E-state index >= 15 is 0 Å². The average Bonchev–Trinajstić information content (AvgIpc) is 3.32. The number of thiophene rings is 1. The molecule has 2 heterocycles. The van der Waals surface area contributed by atoms with Crippen LogP contribution in [0.4, 0.5) is 13.2 Å². The third-order valence-electron chi connectivity index (χ3n) is 4.73. The van der Waals surface area contributed by atoms with E-state index in [1.165, 1.54) is 33.1 Å². The minimum absolute atomic E-state index is 0.113. The summed E-state index contributed by atoms with van der Waals surface area (Å²) in [6, 6.07) is 8.43. The van der Waals surface area contributed by atoms with Gasteiger partial charge in [-0.15, -0.1) is 11.3 Å². The SMILES string of the molecule is CCN(Cc1cccs1)C(=O)C(=O)c1c(C)nn(-c2cccc(C(F)(F)F)c2)c1C. The lowest BCUT2D eigenvalue weighted by atomic mass is 10.1. The molecule has 0 N–H and O–H groups in total. The van der Waals surface area contributed by atoms with E-state index in [0.717, 1.165) is 17.0 Å². The average molecular weight is 435 g/mol. The zero-order valence-electron chi connectivity index (χ0n) is 16.7. The Morgan fingerprint density at radius 3 is 2.50 bits per heavy atom. The molecule has 5 nitrogen and oxygen atoms in total. The molecule has 9 heteroatoms. The van der Waals surface area contributed by atoms with Crippen molar-refractivity contribution < 1.29 is 22.8 Å². The monoisotopic (exact) mass is 435 g/mol. The second-order valence-electron chi connectivity index (χ2n) is 6.73. The number of likely N-dealkylation sites (N-methyl/N-ethyl adjacent to an activating group) is 1. The lowest BCUT2D eigenvalue weighted by molar-refractivity contribution is -0.137. The molecular formula is C21H20F3N3O2S. The Balaban J connectivity index is 1.93. The topological polar surface area (TPSA) is 55.2 Å². The van der Waals surface area contributed by atoms with E-state index in [9.17, 15) is 22.8 Å². The van der Waals surface area contributed by atoms with Gasteiger partial charge in [-0.3, -0.25) is 9.59 Å². The lowest BCUT2D eigenvalue weighted by Crippen LogP contribution is -2.36. The number of ketones is 1. The highest BCUT2D eigenvalue weighted by Gasteiger charge is 2.32. The predicted octanol–water partition coefficient (Wildman–Crippen LogP) is 4.80. The number of aromatic nitrogens is 2. The maximum absolute atomic E-state index is 13.1. The van der Waals surface area contributed by atoms with Gasteiger partial charge < -0.3 is 4.90 Å². The molecule has 0 saturated carbocycles. The van der Waals surface area contributed by atoms with Crippen molar-refractivity contribution in [2.24, 2.45) is 0 Å². The Hall–Kier alpha value is -2.94. The number of rotatable bonds is 6. The van der Waals surface area contributed by atoms with E-state index in [1.54, 1.807) is 20.8 Å². The number of halogens is 3. The number of amides is 1. The number of Topliss-reactive ketones (excluding diaryl/α,β-unsaturated/α-hetero) is 1. The predicted molar refractivity (Wildman–Crippen MR) is 108 cm³/mol. The first kappa shape index (κ1) is 21.8. The van der Waals surface area contributed by atoms with Gasteiger partial charge in [-0.2, -0.15) is 18.3 Å². The van der Waals surface area contributed by atoms with Gasteiger partial charge in [-0.25, -0.2) is 4.68 Å². The van der Waals surface area contributed by atoms with Crippen LogP contribution < -0.4 is 0 Å². The number of aryl methyl sites for hydroxylation is 1. The Bertz CT molecular complexity index is 1070. The van der Waals surface area contributed by atoms with Gasteiger partial charge in [0.2, 0.25) is 0 Å². The number of nitrogens with zero attached hydrogens (tertiary/aromatic N) is 3. The fourth-order valence-electron chi connectivity index (χ4n) is 3.21. The third kappa shape index (κ3) is 4.30. The molecular weight excluding hydrogens is 415 g/mol. The fraction of sp³-hybridized carbons (Fsp3) is 0.286. The molecule has 0 saturated heterocycles. The van der Waals surface area contributed by atoms with Crippen molar-refractivity contribution in [2.75, 3.05) is 6.54 Å². The van der Waals surface area contributed by atoms with E-state index in [2.05, 4.69) is 5.10 Å². The van der Waals surface area contributed by atoms with Crippen LogP contribution in [0, 0.1) is 13.8 Å². The number of hydrogen-bond acceptors (Lipinski definition) is 4. The van der Waals surface area contributed by atoms with Crippen molar-refractivity contribution in [1.82, 2.24) is 14.7 Å². The van der Waals surface area contributed by atoms with E-state index in [0.29, 0.717) is 18.8 Å². The smallest absolute Gasteiger partial charge is 0.331 e. The highest BCUT2D eigenvalue weighted by Crippen LogP contribution is 2.31. The van der Waals surface area contributed by atoms with Crippen LogP contribution in [-0.2, 0) is 17.5 Å². The molecule has 3 aromatic rings. The van der Waals surface area contributed by atoms with Gasteiger partial charge in [-0.1, -0.05) is 12.1 Å². The van der Waals surface area contributed by atoms with Crippen LogP contribution in [-0.4, -0.2) is 32.9 Å². The molecule has 0 aliphatic carbocycles. The van der Waals surface area contributed by atoms with E-state index < -0.39 is 23.4 Å². The standard InChI is InChI=1S/C21H20F3N3O2S/c1-4-26(12-17-9-6-10-30-17)20(29)19(28)18-13(2)25-27(14(18)3)16-8-5-7-15(11-16)21(22,23)24/h5-11H,4,12H2,1-3H3. The maximum atomic E-state index is 13.1. The summed E-state index contributed by atoms with van der Waals surface area (Å²) < 4.78 is 40.4. The van der Waals surface area contributed by atoms with Gasteiger partial charge in [0.25, 0.3) is 11.7 Å². The number of carbonyl (C=O) groups is 2. The van der Waals surface area contributed by atoms with Crippen LogP contribution in [0.5, 0.6) is 0 Å². The van der Waals surface area contributed by atoms with Crippen LogP contribution in [0.15, 0.2) is 41.8 Å². The number of alkyl halides is 3. The van der Waals surface area contributed by atoms with Gasteiger partial charge >= 0.3 is 6.18 Å². The van der Waals surface area contributed by atoms with Crippen molar-refractivity contribution in [3.8, 4) is 5.69 Å². The Morgan fingerprint density at radius 2 is 1.90 bits per heavy atom. The molecule has 0 unspecified atom stereocenters. The second kappa shape index (κ2) is 8.43. The molecule has 0 fully saturated rings. The van der Waals surface area contributed by atoms with E-state index in [4.69, 9.17) is 0 Å². The van der Waals surface area contributed by atoms with Crippen molar-refractivity contribution >= 4 is 23.0 Å². The van der Waals surface area contributed by atoms with Crippen molar-refractivity contribution in [3.05, 3.63) is 69.2 Å². The van der Waals surface area contributed by atoms with Crippen LogP contribution in [0.25, 0.3) is 5.69 Å². The Labute approximate surface area is 175 Å². The molecule has 2 aromatic heterocycles.